The topological polar surface area (TPSA) is 64.2 Å². The molecule has 0 fully saturated rings. The van der Waals surface area contributed by atoms with Crippen molar-refractivity contribution in [1.82, 2.24) is 9.13 Å². The quantitative estimate of drug-likeness (QED) is 0.427. The van der Waals surface area contributed by atoms with Gasteiger partial charge in [0.15, 0.2) is 5.78 Å². The SMILES string of the molecule is C/C=C(\C=C(\C)C(C)=O)c1cc(C)cc(-c2ccc(-n3ccn(C)c3=O)c(Cl)c2)c1O. The van der Waals surface area contributed by atoms with E-state index in [0.29, 0.717) is 27.4 Å². The van der Waals surface area contributed by atoms with E-state index in [9.17, 15) is 14.7 Å². The maximum Gasteiger partial charge on any atom is 0.332 e. The van der Waals surface area contributed by atoms with Gasteiger partial charge in [-0.1, -0.05) is 23.7 Å². The average molecular weight is 437 g/mol. The molecule has 0 unspecified atom stereocenters. The van der Waals surface area contributed by atoms with Gasteiger partial charge in [0, 0.05) is 30.6 Å². The summed E-state index contributed by atoms with van der Waals surface area (Å²) in [5.41, 5.74) is 4.68. The number of aryl methyl sites for hydroxylation is 2. The Hall–Kier alpha value is -3.31. The molecule has 0 spiro atoms. The van der Waals surface area contributed by atoms with Gasteiger partial charge in [-0.05, 0) is 80.3 Å². The van der Waals surface area contributed by atoms with Crippen LogP contribution in [0.1, 0.15) is 31.9 Å². The second kappa shape index (κ2) is 8.82. The smallest absolute Gasteiger partial charge is 0.332 e. The van der Waals surface area contributed by atoms with E-state index in [2.05, 4.69) is 0 Å². The number of Topliss-reactive ketones (excluding diaryl/α,β-unsaturated/α-hetero) is 1. The molecule has 1 N–H and O–H groups in total. The first kappa shape index (κ1) is 22.4. The standard InChI is InChI=1S/C25H25ClN2O3/c1-6-18(13-16(3)17(4)29)20-11-15(2)12-21(24(20)30)19-7-8-23(22(26)14-19)28-10-9-27(5)25(28)31/h6-14,30H,1-5H3/b16-13-,18-6+. The molecule has 5 nitrogen and oxygen atoms in total. The Morgan fingerprint density at radius 3 is 2.39 bits per heavy atom. The number of rotatable bonds is 5. The van der Waals surface area contributed by atoms with Crippen molar-refractivity contribution in [2.75, 3.05) is 0 Å². The Kier molecular flexibility index (Phi) is 6.37. The molecule has 0 saturated carbocycles. The number of phenols is 1. The van der Waals surface area contributed by atoms with Crippen LogP contribution in [0.15, 0.2) is 65.2 Å². The molecule has 31 heavy (non-hydrogen) atoms. The molecule has 0 aliphatic heterocycles. The summed E-state index contributed by atoms with van der Waals surface area (Å²) in [7, 11) is 1.68. The van der Waals surface area contributed by atoms with Gasteiger partial charge in [-0.25, -0.2) is 4.79 Å². The minimum atomic E-state index is -0.194. The number of nitrogens with zero attached hydrogens (tertiary/aromatic N) is 2. The van der Waals surface area contributed by atoms with Crippen molar-refractivity contribution in [3.63, 3.8) is 0 Å². The molecular weight excluding hydrogens is 412 g/mol. The summed E-state index contributed by atoms with van der Waals surface area (Å²) in [5, 5.41) is 11.5. The lowest BCUT2D eigenvalue weighted by Crippen LogP contribution is -2.20. The van der Waals surface area contributed by atoms with Crippen molar-refractivity contribution >= 4 is 23.0 Å². The summed E-state index contributed by atoms with van der Waals surface area (Å²) in [4.78, 5) is 23.9. The van der Waals surface area contributed by atoms with Crippen LogP contribution in [-0.4, -0.2) is 20.0 Å². The number of aromatic hydroxyl groups is 1. The predicted molar refractivity (Wildman–Crippen MR) is 126 cm³/mol. The van der Waals surface area contributed by atoms with E-state index in [4.69, 9.17) is 11.6 Å². The van der Waals surface area contributed by atoms with Crippen LogP contribution in [0.5, 0.6) is 5.75 Å². The first-order valence-electron chi connectivity index (χ1n) is 9.87. The fraction of sp³-hybridized carbons (Fsp3) is 0.200. The van der Waals surface area contributed by atoms with Gasteiger partial charge in [0.05, 0.1) is 10.7 Å². The molecule has 1 heterocycles. The molecule has 0 atom stereocenters. The van der Waals surface area contributed by atoms with Crippen LogP contribution in [0, 0.1) is 6.92 Å². The maximum absolute atomic E-state index is 12.3. The number of imidazole rings is 1. The third kappa shape index (κ3) is 4.42. The minimum absolute atomic E-state index is 0.0229. The van der Waals surface area contributed by atoms with Gasteiger partial charge in [-0.3, -0.25) is 9.36 Å². The number of carbonyl (C=O) groups excluding carboxylic acids is 1. The highest BCUT2D eigenvalue weighted by atomic mass is 35.5. The number of phenolic OH excluding ortho intramolecular Hbond substituents is 1. The molecule has 0 radical (unpaired) electrons. The number of allylic oxidation sites excluding steroid dienone is 4. The maximum atomic E-state index is 12.3. The van der Waals surface area contributed by atoms with E-state index in [1.807, 2.05) is 38.1 Å². The summed E-state index contributed by atoms with van der Waals surface area (Å²) in [5.74, 6) is 0.0808. The summed E-state index contributed by atoms with van der Waals surface area (Å²) < 4.78 is 2.94. The lowest BCUT2D eigenvalue weighted by atomic mass is 9.93. The molecule has 160 valence electrons. The first-order chi connectivity index (χ1) is 14.6. The number of hydrogen-bond acceptors (Lipinski definition) is 3. The largest absolute Gasteiger partial charge is 0.507 e. The van der Waals surface area contributed by atoms with Gasteiger partial charge in [0.25, 0.3) is 0 Å². The van der Waals surface area contributed by atoms with Crippen LogP contribution >= 0.6 is 11.6 Å². The Morgan fingerprint density at radius 1 is 1.13 bits per heavy atom. The zero-order valence-corrected chi connectivity index (χ0v) is 19.0. The van der Waals surface area contributed by atoms with Crippen molar-refractivity contribution in [1.29, 1.82) is 0 Å². The highest BCUT2D eigenvalue weighted by Crippen LogP contribution is 2.39. The predicted octanol–water partition coefficient (Wildman–Crippen LogP) is 5.45. The van der Waals surface area contributed by atoms with Crippen LogP contribution in [0.2, 0.25) is 5.02 Å². The minimum Gasteiger partial charge on any atom is -0.507 e. The van der Waals surface area contributed by atoms with E-state index in [0.717, 1.165) is 16.7 Å². The molecule has 3 rings (SSSR count). The number of carbonyl (C=O) groups is 1. The summed E-state index contributed by atoms with van der Waals surface area (Å²) >= 11 is 6.51. The molecule has 0 amide bonds. The molecule has 0 saturated heterocycles. The number of halogens is 1. The van der Waals surface area contributed by atoms with E-state index in [1.54, 1.807) is 44.6 Å². The summed E-state index contributed by atoms with van der Waals surface area (Å²) in [6, 6.07) is 9.09. The van der Waals surface area contributed by atoms with Crippen molar-refractivity contribution in [2.45, 2.75) is 27.7 Å². The molecule has 0 aliphatic rings. The highest BCUT2D eigenvalue weighted by Gasteiger charge is 2.16. The van der Waals surface area contributed by atoms with Crippen LogP contribution in [0.25, 0.3) is 22.4 Å². The van der Waals surface area contributed by atoms with Crippen molar-refractivity contribution < 1.29 is 9.90 Å². The van der Waals surface area contributed by atoms with Gasteiger partial charge in [0.1, 0.15) is 5.75 Å². The third-order valence-corrected chi connectivity index (χ3v) is 5.57. The number of benzene rings is 2. The number of ketones is 1. The van der Waals surface area contributed by atoms with E-state index in [-0.39, 0.29) is 17.2 Å². The van der Waals surface area contributed by atoms with Crippen LogP contribution in [0.4, 0.5) is 0 Å². The van der Waals surface area contributed by atoms with Gasteiger partial charge < -0.3 is 9.67 Å². The van der Waals surface area contributed by atoms with E-state index >= 15 is 0 Å². The lowest BCUT2D eigenvalue weighted by molar-refractivity contribution is -0.113. The molecule has 0 aliphatic carbocycles. The second-order valence-electron chi connectivity index (χ2n) is 7.56. The van der Waals surface area contributed by atoms with Crippen LogP contribution in [-0.2, 0) is 11.8 Å². The Labute approximate surface area is 186 Å². The van der Waals surface area contributed by atoms with E-state index in [1.165, 1.54) is 16.1 Å². The Morgan fingerprint density at radius 2 is 1.84 bits per heavy atom. The fourth-order valence-electron chi connectivity index (χ4n) is 3.39. The average Bonchev–Trinajstić information content (AvgIpc) is 3.05. The number of aromatic nitrogens is 2. The van der Waals surface area contributed by atoms with Gasteiger partial charge in [-0.2, -0.15) is 0 Å². The highest BCUT2D eigenvalue weighted by molar-refractivity contribution is 6.32. The monoisotopic (exact) mass is 436 g/mol. The van der Waals surface area contributed by atoms with Crippen LogP contribution in [0.3, 0.4) is 0 Å². The van der Waals surface area contributed by atoms with Gasteiger partial charge in [-0.15, -0.1) is 0 Å². The van der Waals surface area contributed by atoms with Gasteiger partial charge >= 0.3 is 5.69 Å². The van der Waals surface area contributed by atoms with Crippen molar-refractivity contribution in [3.05, 3.63) is 87.1 Å². The molecule has 3 aromatic rings. The van der Waals surface area contributed by atoms with Crippen molar-refractivity contribution in [2.24, 2.45) is 7.05 Å². The van der Waals surface area contributed by atoms with E-state index < -0.39 is 0 Å². The van der Waals surface area contributed by atoms with Crippen LogP contribution < -0.4 is 5.69 Å². The Bertz CT molecular complexity index is 1290. The fourth-order valence-corrected chi connectivity index (χ4v) is 3.66. The second-order valence-corrected chi connectivity index (χ2v) is 7.97. The molecular formula is C25H25ClN2O3. The third-order valence-electron chi connectivity index (χ3n) is 5.27. The van der Waals surface area contributed by atoms with Crippen molar-refractivity contribution in [3.8, 4) is 22.6 Å². The first-order valence-corrected chi connectivity index (χ1v) is 10.3. The molecule has 2 aromatic carbocycles. The normalized spacial score (nSPS) is 12.3. The lowest BCUT2D eigenvalue weighted by Gasteiger charge is -2.14. The molecule has 0 bridgehead atoms. The van der Waals surface area contributed by atoms with Gasteiger partial charge in [0.2, 0.25) is 0 Å². The summed E-state index contributed by atoms with van der Waals surface area (Å²) in [6.07, 6.45) is 6.97. The molecule has 6 heteroatoms. The summed E-state index contributed by atoms with van der Waals surface area (Å²) in [6.45, 7) is 7.08. The molecule has 1 aromatic heterocycles. The number of hydrogen-bond donors (Lipinski definition) is 1. The zero-order valence-electron chi connectivity index (χ0n) is 18.2. The zero-order chi connectivity index (χ0) is 22.9. The Balaban J connectivity index is 2.13.